The Kier molecular flexibility index (Phi) is 4.65. The highest BCUT2D eigenvalue weighted by molar-refractivity contribution is 9.10. The van der Waals surface area contributed by atoms with Gasteiger partial charge in [-0.3, -0.25) is 0 Å². The van der Waals surface area contributed by atoms with E-state index in [1.165, 1.54) is 12.1 Å². The maximum atomic E-state index is 11.9. The second-order valence-electron chi connectivity index (χ2n) is 5.21. The zero-order valence-corrected chi connectivity index (χ0v) is 12.7. The summed E-state index contributed by atoms with van der Waals surface area (Å²) in [6.45, 7) is 2.17. The van der Waals surface area contributed by atoms with Gasteiger partial charge in [-0.15, -0.1) is 0 Å². The van der Waals surface area contributed by atoms with Crippen LogP contribution in [0, 0.1) is 5.92 Å². The molecule has 2 rings (SSSR count). The second-order valence-corrected chi connectivity index (χ2v) is 6.07. The standard InChI is InChI=1S/C14H17BrN2O3/c1-8-2-4-10(6-8)16-14(20)17-12-7-9(13(18)19)3-5-11(12)15/h3,5,7-8,10H,2,4,6H2,1H3,(H,18,19)(H2,16,17,20). The maximum absolute atomic E-state index is 11.9. The molecular weight excluding hydrogens is 324 g/mol. The highest BCUT2D eigenvalue weighted by Gasteiger charge is 2.22. The van der Waals surface area contributed by atoms with Crippen molar-refractivity contribution in [3.8, 4) is 0 Å². The number of anilines is 1. The van der Waals surface area contributed by atoms with E-state index in [0.29, 0.717) is 16.1 Å². The van der Waals surface area contributed by atoms with Crippen LogP contribution < -0.4 is 10.6 Å². The lowest BCUT2D eigenvalue weighted by molar-refractivity contribution is 0.0697. The summed E-state index contributed by atoms with van der Waals surface area (Å²) in [6, 6.07) is 4.42. The molecule has 6 heteroatoms. The summed E-state index contributed by atoms with van der Waals surface area (Å²) in [5.41, 5.74) is 0.589. The third-order valence-electron chi connectivity index (χ3n) is 3.49. The molecule has 108 valence electrons. The van der Waals surface area contributed by atoms with Crippen molar-refractivity contribution in [2.75, 3.05) is 5.32 Å². The van der Waals surface area contributed by atoms with Gasteiger partial charge < -0.3 is 15.7 Å². The molecule has 20 heavy (non-hydrogen) atoms. The van der Waals surface area contributed by atoms with Crippen LogP contribution in [-0.2, 0) is 0 Å². The Balaban J connectivity index is 2.00. The molecule has 1 aromatic carbocycles. The van der Waals surface area contributed by atoms with Crippen molar-refractivity contribution >= 4 is 33.6 Å². The molecule has 2 amide bonds. The van der Waals surface area contributed by atoms with E-state index < -0.39 is 5.97 Å². The van der Waals surface area contributed by atoms with Gasteiger partial charge in [-0.05, 0) is 59.3 Å². The van der Waals surface area contributed by atoms with E-state index in [9.17, 15) is 9.59 Å². The average Bonchev–Trinajstić information content (AvgIpc) is 2.77. The maximum Gasteiger partial charge on any atom is 0.335 e. The number of carboxylic acid groups (broad SMARTS) is 1. The van der Waals surface area contributed by atoms with Crippen molar-refractivity contribution in [2.24, 2.45) is 5.92 Å². The summed E-state index contributed by atoms with van der Waals surface area (Å²) in [4.78, 5) is 22.8. The molecule has 1 aliphatic carbocycles. The van der Waals surface area contributed by atoms with E-state index in [4.69, 9.17) is 5.11 Å². The fourth-order valence-electron chi connectivity index (χ4n) is 2.44. The van der Waals surface area contributed by atoms with Gasteiger partial charge in [-0.1, -0.05) is 6.92 Å². The molecule has 1 saturated carbocycles. The molecule has 1 aliphatic rings. The summed E-state index contributed by atoms with van der Waals surface area (Å²) < 4.78 is 0.650. The molecule has 2 unspecified atom stereocenters. The van der Waals surface area contributed by atoms with Crippen molar-refractivity contribution in [3.05, 3.63) is 28.2 Å². The van der Waals surface area contributed by atoms with Gasteiger partial charge in [0.1, 0.15) is 0 Å². The highest BCUT2D eigenvalue weighted by Crippen LogP contribution is 2.26. The Morgan fingerprint density at radius 1 is 1.35 bits per heavy atom. The number of aromatic carboxylic acids is 1. The van der Waals surface area contributed by atoms with Crippen LogP contribution in [0.4, 0.5) is 10.5 Å². The number of hydrogen-bond donors (Lipinski definition) is 3. The van der Waals surface area contributed by atoms with E-state index in [0.717, 1.165) is 19.3 Å². The second kappa shape index (κ2) is 6.26. The molecule has 0 aliphatic heterocycles. The van der Waals surface area contributed by atoms with Crippen molar-refractivity contribution in [1.29, 1.82) is 0 Å². The van der Waals surface area contributed by atoms with Gasteiger partial charge in [0.05, 0.1) is 11.3 Å². The number of hydrogen-bond acceptors (Lipinski definition) is 2. The van der Waals surface area contributed by atoms with E-state index >= 15 is 0 Å². The van der Waals surface area contributed by atoms with Crippen molar-refractivity contribution in [2.45, 2.75) is 32.2 Å². The Bertz CT molecular complexity index is 533. The van der Waals surface area contributed by atoms with Gasteiger partial charge >= 0.3 is 12.0 Å². The number of nitrogens with one attached hydrogen (secondary N) is 2. The SMILES string of the molecule is CC1CCC(NC(=O)Nc2cc(C(=O)O)ccc2Br)C1. The lowest BCUT2D eigenvalue weighted by Crippen LogP contribution is -2.36. The average molecular weight is 341 g/mol. The molecule has 3 N–H and O–H groups in total. The number of benzene rings is 1. The molecule has 0 aromatic heterocycles. The third-order valence-corrected chi connectivity index (χ3v) is 4.18. The van der Waals surface area contributed by atoms with Gasteiger partial charge in [0.25, 0.3) is 0 Å². The molecular formula is C14H17BrN2O3. The van der Waals surface area contributed by atoms with E-state index in [1.54, 1.807) is 6.07 Å². The van der Waals surface area contributed by atoms with Crippen LogP contribution in [0.1, 0.15) is 36.5 Å². The van der Waals surface area contributed by atoms with Gasteiger partial charge in [-0.2, -0.15) is 0 Å². The van der Waals surface area contributed by atoms with Gasteiger partial charge in [0.15, 0.2) is 0 Å². The summed E-state index contributed by atoms with van der Waals surface area (Å²) in [5, 5.41) is 14.6. The smallest absolute Gasteiger partial charge is 0.335 e. The predicted molar refractivity (Wildman–Crippen MR) is 80.1 cm³/mol. The molecule has 2 atom stereocenters. The minimum absolute atomic E-state index is 0.137. The first kappa shape index (κ1) is 14.8. The van der Waals surface area contributed by atoms with Crippen molar-refractivity contribution in [3.63, 3.8) is 0 Å². The molecule has 0 spiro atoms. The predicted octanol–water partition coefficient (Wildman–Crippen LogP) is 3.46. The minimum atomic E-state index is -1.02. The number of halogens is 1. The first-order valence-electron chi connectivity index (χ1n) is 6.56. The number of carboxylic acids is 1. The van der Waals surface area contributed by atoms with Crippen LogP contribution in [-0.4, -0.2) is 23.1 Å². The number of amides is 2. The summed E-state index contributed by atoms with van der Waals surface area (Å²) >= 11 is 3.29. The first-order chi connectivity index (χ1) is 9.45. The number of carbonyl (C=O) groups is 2. The topological polar surface area (TPSA) is 78.4 Å². The van der Waals surface area contributed by atoms with Gasteiger partial charge in [0, 0.05) is 10.5 Å². The van der Waals surface area contributed by atoms with E-state index in [1.807, 2.05) is 0 Å². The minimum Gasteiger partial charge on any atom is -0.478 e. The van der Waals surface area contributed by atoms with Crippen LogP contribution in [0.5, 0.6) is 0 Å². The van der Waals surface area contributed by atoms with Crippen molar-refractivity contribution < 1.29 is 14.7 Å². The molecule has 1 fully saturated rings. The molecule has 1 aromatic rings. The quantitative estimate of drug-likeness (QED) is 0.788. The van der Waals surface area contributed by atoms with Crippen LogP contribution in [0.25, 0.3) is 0 Å². The molecule has 0 saturated heterocycles. The first-order valence-corrected chi connectivity index (χ1v) is 7.35. The van der Waals surface area contributed by atoms with E-state index in [2.05, 4.69) is 33.5 Å². The number of urea groups is 1. The molecule has 5 nitrogen and oxygen atoms in total. The van der Waals surface area contributed by atoms with Crippen LogP contribution in [0.2, 0.25) is 0 Å². The Morgan fingerprint density at radius 2 is 2.10 bits per heavy atom. The fraction of sp³-hybridized carbons (Fsp3) is 0.429. The Labute approximate surface area is 125 Å². The Morgan fingerprint density at radius 3 is 2.70 bits per heavy atom. The third kappa shape index (κ3) is 3.72. The monoisotopic (exact) mass is 340 g/mol. The highest BCUT2D eigenvalue weighted by atomic mass is 79.9. The molecule has 0 radical (unpaired) electrons. The summed E-state index contributed by atoms with van der Waals surface area (Å²) in [7, 11) is 0. The van der Waals surface area contributed by atoms with Crippen LogP contribution in [0.15, 0.2) is 22.7 Å². The molecule has 0 heterocycles. The normalized spacial score (nSPS) is 21.5. The van der Waals surface area contributed by atoms with Crippen molar-refractivity contribution in [1.82, 2.24) is 5.32 Å². The van der Waals surface area contributed by atoms with Crippen LogP contribution in [0.3, 0.4) is 0 Å². The lowest BCUT2D eigenvalue weighted by atomic mass is 10.1. The summed E-state index contributed by atoms with van der Waals surface area (Å²) in [6.07, 6.45) is 3.11. The van der Waals surface area contributed by atoms with E-state index in [-0.39, 0.29) is 17.6 Å². The zero-order chi connectivity index (χ0) is 14.7. The molecule has 0 bridgehead atoms. The number of carbonyl (C=O) groups excluding carboxylic acids is 1. The lowest BCUT2D eigenvalue weighted by Gasteiger charge is -2.14. The fourth-order valence-corrected chi connectivity index (χ4v) is 2.78. The van der Waals surface area contributed by atoms with Gasteiger partial charge in [-0.25, -0.2) is 9.59 Å². The summed E-state index contributed by atoms with van der Waals surface area (Å²) in [5.74, 6) is -0.382. The van der Waals surface area contributed by atoms with Crippen LogP contribution >= 0.6 is 15.9 Å². The zero-order valence-electron chi connectivity index (χ0n) is 11.1. The Hall–Kier alpha value is -1.56. The number of rotatable bonds is 3. The largest absolute Gasteiger partial charge is 0.478 e. The van der Waals surface area contributed by atoms with Gasteiger partial charge in [0.2, 0.25) is 0 Å².